The molecule has 0 saturated carbocycles. The second-order valence-corrected chi connectivity index (χ2v) is 11.2. The van der Waals surface area contributed by atoms with Gasteiger partial charge in [0, 0.05) is 11.5 Å². The number of rotatable bonds is 20. The lowest BCUT2D eigenvalue weighted by atomic mass is 10.0. The minimum absolute atomic E-state index is 0.0199. The van der Waals surface area contributed by atoms with Crippen LogP contribution in [0.15, 0.2) is 0 Å². The molecular weight excluding hydrogens is 638 g/mol. The minimum Gasteiger partial charge on any atom is -0.481 e. The summed E-state index contributed by atoms with van der Waals surface area (Å²) in [4.78, 5) is 98.4. The Morgan fingerprint density at radius 3 is 1.47 bits per heavy atom. The molecule has 0 aromatic rings. The Morgan fingerprint density at radius 2 is 1.02 bits per heavy atom. The van der Waals surface area contributed by atoms with Crippen LogP contribution in [0.3, 0.4) is 0 Å². The molecule has 0 heterocycles. The second-order valence-electron chi connectivity index (χ2n) is 10.4. The first kappa shape index (κ1) is 41.4. The van der Waals surface area contributed by atoms with E-state index in [-0.39, 0.29) is 23.8 Å². The third-order valence-electron chi connectivity index (χ3n) is 5.95. The Labute approximate surface area is 270 Å². The van der Waals surface area contributed by atoms with Crippen LogP contribution < -0.4 is 37.6 Å². The van der Waals surface area contributed by atoms with E-state index in [1.54, 1.807) is 13.8 Å². The van der Waals surface area contributed by atoms with Crippen molar-refractivity contribution in [3.8, 4) is 0 Å². The molecule has 0 aromatic heterocycles. The topological polar surface area (TPSA) is 295 Å². The summed E-state index contributed by atoms with van der Waals surface area (Å²) in [5.41, 5.74) is 5.48. The predicted molar refractivity (Wildman–Crippen MR) is 165 cm³/mol. The molecule has 0 rings (SSSR count). The number of amides is 6. The zero-order valence-electron chi connectivity index (χ0n) is 25.2. The molecule has 0 aliphatic heterocycles. The first-order valence-electron chi connectivity index (χ1n) is 13.7. The Hall–Kier alpha value is -3.62. The molecule has 0 aliphatic rings. The van der Waals surface area contributed by atoms with Crippen LogP contribution in [0.4, 0.5) is 0 Å². The minimum atomic E-state index is -1.70. The molecule has 18 nitrogen and oxygen atoms in total. The number of carbonyl (C=O) groups is 8. The van der Waals surface area contributed by atoms with Crippen LogP contribution in [0, 0.1) is 5.92 Å². The lowest BCUT2D eigenvalue weighted by molar-refractivity contribution is -0.142. The maximum Gasteiger partial charge on any atom is 0.327 e. The van der Waals surface area contributed by atoms with E-state index in [2.05, 4.69) is 57.2 Å². The number of nitrogens with one attached hydrogen (secondary N) is 6. The largest absolute Gasteiger partial charge is 0.481 e. The molecule has 0 aliphatic carbocycles. The van der Waals surface area contributed by atoms with Gasteiger partial charge in [-0.15, -0.1) is 0 Å². The average molecular weight is 682 g/mol. The smallest absolute Gasteiger partial charge is 0.327 e. The predicted octanol–water partition coefficient (Wildman–Crippen LogP) is -4.28. The highest BCUT2D eigenvalue weighted by Crippen LogP contribution is 2.07. The summed E-state index contributed by atoms with van der Waals surface area (Å²) in [6, 6.07) is -9.54. The Kier molecular flexibility index (Phi) is 18.8. The highest BCUT2D eigenvalue weighted by atomic mass is 32.1. The van der Waals surface area contributed by atoms with Crippen molar-refractivity contribution in [2.45, 2.75) is 82.8 Å². The third-order valence-corrected chi connectivity index (χ3v) is 6.68. The SMILES string of the molecule is CC(C)C[C@H](NC(=O)[C@H](CC(=O)O)NC(=O)[C@H](CS)NC(=O)[C@H](C)N)C(=O)N[C@@H](CO)C(=O)N[C@@H](C)C(=O)N[C@@H](CS)C(=O)O. The van der Waals surface area contributed by atoms with E-state index in [1.807, 2.05) is 0 Å². The fourth-order valence-electron chi connectivity index (χ4n) is 3.46. The van der Waals surface area contributed by atoms with E-state index < -0.39 is 103 Å². The summed E-state index contributed by atoms with van der Waals surface area (Å²) >= 11 is 7.82. The highest BCUT2D eigenvalue weighted by molar-refractivity contribution is 7.80. The number of aliphatic carboxylic acids is 2. The zero-order chi connectivity index (χ0) is 35.0. The molecule has 45 heavy (non-hydrogen) atoms. The molecule has 6 amide bonds. The first-order chi connectivity index (χ1) is 20.9. The number of hydrogen-bond donors (Lipinski definition) is 12. The van der Waals surface area contributed by atoms with Crippen molar-refractivity contribution in [3.05, 3.63) is 0 Å². The molecule has 0 bridgehead atoms. The monoisotopic (exact) mass is 681 g/mol. The molecule has 11 N–H and O–H groups in total. The molecule has 256 valence electrons. The summed E-state index contributed by atoms with van der Waals surface area (Å²) in [7, 11) is 0. The van der Waals surface area contributed by atoms with Crippen molar-refractivity contribution >= 4 is 72.6 Å². The van der Waals surface area contributed by atoms with Crippen molar-refractivity contribution in [1.82, 2.24) is 31.9 Å². The maximum absolute atomic E-state index is 13.1. The zero-order valence-corrected chi connectivity index (χ0v) is 27.0. The first-order valence-corrected chi connectivity index (χ1v) is 15.0. The van der Waals surface area contributed by atoms with Crippen molar-refractivity contribution in [2.75, 3.05) is 18.1 Å². The molecule has 0 fully saturated rings. The van der Waals surface area contributed by atoms with Crippen LogP contribution in [0.1, 0.15) is 40.5 Å². The van der Waals surface area contributed by atoms with Gasteiger partial charge in [-0.2, -0.15) is 25.3 Å². The quantitative estimate of drug-likeness (QED) is 0.0544. The lowest BCUT2D eigenvalue weighted by Gasteiger charge is -2.26. The fraction of sp³-hybridized carbons (Fsp3) is 0.680. The summed E-state index contributed by atoms with van der Waals surface area (Å²) in [5, 5.41) is 41.6. The van der Waals surface area contributed by atoms with Gasteiger partial charge in [0.15, 0.2) is 0 Å². The van der Waals surface area contributed by atoms with Gasteiger partial charge in [0.05, 0.1) is 19.1 Å². The second kappa shape index (κ2) is 20.4. The van der Waals surface area contributed by atoms with Crippen LogP contribution in [0.2, 0.25) is 0 Å². The molecule has 0 spiro atoms. The number of hydrogen-bond acceptors (Lipinski definition) is 12. The molecule has 20 heteroatoms. The molecular formula is C25H43N7O11S2. The van der Waals surface area contributed by atoms with Crippen LogP contribution in [0.5, 0.6) is 0 Å². The van der Waals surface area contributed by atoms with Crippen LogP contribution >= 0.6 is 25.3 Å². The van der Waals surface area contributed by atoms with Crippen molar-refractivity contribution < 1.29 is 53.7 Å². The number of carbonyl (C=O) groups excluding carboxylic acids is 6. The standard InChI is InChI=1S/C25H43N7O11S2/c1-10(2)5-13(21(38)30-15(7-33)23(40)27-12(4)20(37)32-17(9-45)25(42)43)28-22(39)14(6-18(34)35)29-24(41)16(8-44)31-19(36)11(3)26/h10-17,33,44-45H,5-9,26H2,1-4H3,(H,27,40)(H,28,39)(H,29,41)(H,30,38)(H,31,36)(H,32,37)(H,34,35)(H,42,43)/t11-,12-,13-,14-,15-,16-,17-/m0/s1. The summed E-state index contributed by atoms with van der Waals surface area (Å²) in [6.45, 7) is 5.08. The lowest BCUT2D eigenvalue weighted by Crippen LogP contribution is -2.60. The maximum atomic E-state index is 13.1. The molecule has 0 saturated heterocycles. The van der Waals surface area contributed by atoms with Gasteiger partial charge in [0.2, 0.25) is 35.4 Å². The molecule has 7 atom stereocenters. The number of thiol groups is 2. The number of aliphatic hydroxyl groups excluding tert-OH is 1. The van der Waals surface area contributed by atoms with Crippen molar-refractivity contribution in [3.63, 3.8) is 0 Å². The number of aliphatic hydroxyl groups is 1. The Bertz CT molecular complexity index is 1090. The Balaban J connectivity index is 5.72. The average Bonchev–Trinajstić information content (AvgIpc) is 2.94. The van der Waals surface area contributed by atoms with E-state index in [9.17, 15) is 48.6 Å². The summed E-state index contributed by atoms with van der Waals surface area (Å²) in [5.74, 6) is -9.04. The fourth-order valence-corrected chi connectivity index (χ4v) is 3.96. The molecule has 0 radical (unpaired) electrons. The van der Waals surface area contributed by atoms with Crippen LogP contribution in [-0.2, 0) is 38.4 Å². The van der Waals surface area contributed by atoms with E-state index in [1.165, 1.54) is 13.8 Å². The number of carboxylic acids is 2. The van der Waals surface area contributed by atoms with Crippen molar-refractivity contribution in [2.24, 2.45) is 11.7 Å². The van der Waals surface area contributed by atoms with Crippen LogP contribution in [0.25, 0.3) is 0 Å². The van der Waals surface area contributed by atoms with Crippen LogP contribution in [-0.4, -0.2) is 123 Å². The van der Waals surface area contributed by atoms with Gasteiger partial charge in [-0.3, -0.25) is 33.6 Å². The molecule has 0 aromatic carbocycles. The van der Waals surface area contributed by atoms with Gasteiger partial charge in [-0.1, -0.05) is 13.8 Å². The normalized spacial score (nSPS) is 15.6. The summed E-state index contributed by atoms with van der Waals surface area (Å²) in [6.07, 6.45) is -0.917. The Morgan fingerprint density at radius 1 is 0.600 bits per heavy atom. The van der Waals surface area contributed by atoms with E-state index in [0.29, 0.717) is 0 Å². The van der Waals surface area contributed by atoms with E-state index >= 15 is 0 Å². The van der Waals surface area contributed by atoms with Gasteiger partial charge in [0.1, 0.15) is 36.3 Å². The van der Waals surface area contributed by atoms with Crippen molar-refractivity contribution in [1.29, 1.82) is 0 Å². The number of carboxylic acid groups (broad SMARTS) is 2. The third kappa shape index (κ3) is 15.3. The van der Waals surface area contributed by atoms with Gasteiger partial charge in [-0.25, -0.2) is 4.79 Å². The van der Waals surface area contributed by atoms with Gasteiger partial charge < -0.3 is 53.0 Å². The van der Waals surface area contributed by atoms with Gasteiger partial charge in [0.25, 0.3) is 0 Å². The highest BCUT2D eigenvalue weighted by Gasteiger charge is 2.33. The van der Waals surface area contributed by atoms with Gasteiger partial charge >= 0.3 is 11.9 Å². The molecule has 0 unspecified atom stereocenters. The van der Waals surface area contributed by atoms with E-state index in [4.69, 9.17) is 10.8 Å². The summed E-state index contributed by atoms with van der Waals surface area (Å²) < 4.78 is 0. The van der Waals surface area contributed by atoms with E-state index in [0.717, 1.165) is 0 Å². The number of nitrogens with two attached hydrogens (primary N) is 1. The van der Waals surface area contributed by atoms with Gasteiger partial charge in [-0.05, 0) is 26.2 Å².